The van der Waals surface area contributed by atoms with E-state index in [1.807, 2.05) is 0 Å². The van der Waals surface area contributed by atoms with Crippen LogP contribution < -0.4 is 0 Å². The summed E-state index contributed by atoms with van der Waals surface area (Å²) < 4.78 is 0. The van der Waals surface area contributed by atoms with Crippen molar-refractivity contribution < 1.29 is 5.11 Å². The zero-order valence-corrected chi connectivity index (χ0v) is 8.79. The first-order valence-corrected chi connectivity index (χ1v) is 5.69. The molecule has 78 valence electrons. The number of thiazole rings is 1. The molecule has 5 nitrogen and oxygen atoms in total. The predicted molar refractivity (Wildman–Crippen MR) is 55.4 cm³/mol. The molecule has 1 aliphatic rings. The number of nitrogens with one attached hydrogen (secondary N) is 1. The molecule has 0 saturated heterocycles. The third-order valence-corrected chi connectivity index (χ3v) is 3.68. The van der Waals surface area contributed by atoms with E-state index in [2.05, 4.69) is 20.2 Å². The van der Waals surface area contributed by atoms with Crippen molar-refractivity contribution in [1.82, 2.24) is 20.2 Å². The van der Waals surface area contributed by atoms with E-state index in [1.54, 1.807) is 11.3 Å². The van der Waals surface area contributed by atoms with Crippen molar-refractivity contribution in [2.24, 2.45) is 0 Å². The highest BCUT2D eigenvalue weighted by Gasteiger charge is 2.23. The number of fused-ring (bicyclic) bond motifs is 1. The number of hydrogen-bond donors (Lipinski definition) is 2. The van der Waals surface area contributed by atoms with Gasteiger partial charge in [0.1, 0.15) is 6.33 Å². The summed E-state index contributed by atoms with van der Waals surface area (Å²) in [7, 11) is 0. The van der Waals surface area contributed by atoms with Gasteiger partial charge in [-0.2, -0.15) is 5.10 Å². The van der Waals surface area contributed by atoms with Crippen LogP contribution in [0.15, 0.2) is 6.33 Å². The van der Waals surface area contributed by atoms with Crippen molar-refractivity contribution in [1.29, 1.82) is 0 Å². The Bertz CT molecular complexity index is 464. The molecule has 2 aromatic rings. The molecule has 0 aromatic carbocycles. The summed E-state index contributed by atoms with van der Waals surface area (Å²) in [4.78, 5) is 9.64. The first kappa shape index (κ1) is 8.99. The van der Waals surface area contributed by atoms with Gasteiger partial charge in [-0.15, -0.1) is 11.3 Å². The van der Waals surface area contributed by atoms with Gasteiger partial charge in [-0.3, -0.25) is 5.10 Å². The third-order valence-electron chi connectivity index (χ3n) is 2.54. The number of nitrogens with zero attached hydrogens (tertiary/aromatic N) is 3. The summed E-state index contributed by atoms with van der Waals surface area (Å²) >= 11 is 1.59. The minimum Gasteiger partial charge on any atom is -0.387 e. The average molecular weight is 222 g/mol. The van der Waals surface area contributed by atoms with E-state index < -0.39 is 6.10 Å². The highest BCUT2D eigenvalue weighted by Crippen LogP contribution is 2.35. The number of H-pyrrole nitrogens is 1. The van der Waals surface area contributed by atoms with E-state index in [-0.39, 0.29) is 0 Å². The molecule has 1 unspecified atom stereocenters. The van der Waals surface area contributed by atoms with Crippen molar-refractivity contribution in [3.63, 3.8) is 0 Å². The maximum atomic E-state index is 9.77. The molecule has 2 heterocycles. The molecule has 1 atom stereocenters. The van der Waals surface area contributed by atoms with Crippen molar-refractivity contribution in [3.8, 4) is 10.8 Å². The fraction of sp³-hybridized carbons (Fsp3) is 0.444. The second-order valence-electron chi connectivity index (χ2n) is 3.57. The first-order valence-electron chi connectivity index (χ1n) is 4.88. The second kappa shape index (κ2) is 3.39. The molecule has 15 heavy (non-hydrogen) atoms. The number of aryl methyl sites for hydroxylation is 1. The van der Waals surface area contributed by atoms with Gasteiger partial charge in [0.05, 0.1) is 11.8 Å². The summed E-state index contributed by atoms with van der Waals surface area (Å²) in [6, 6.07) is 0. The minimum absolute atomic E-state index is 0.401. The smallest absolute Gasteiger partial charge is 0.184 e. The van der Waals surface area contributed by atoms with E-state index in [1.165, 1.54) is 11.2 Å². The topological polar surface area (TPSA) is 74.7 Å². The second-order valence-corrected chi connectivity index (χ2v) is 4.65. The molecule has 0 amide bonds. The maximum absolute atomic E-state index is 9.77. The number of hydrogen-bond acceptors (Lipinski definition) is 5. The molecule has 0 bridgehead atoms. The van der Waals surface area contributed by atoms with Crippen LogP contribution in [0.2, 0.25) is 0 Å². The molecule has 3 rings (SSSR count). The summed E-state index contributed by atoms with van der Waals surface area (Å²) in [5.74, 6) is 0.682. The molecule has 0 spiro atoms. The van der Waals surface area contributed by atoms with Gasteiger partial charge in [0.2, 0.25) is 0 Å². The third kappa shape index (κ3) is 1.46. The summed E-state index contributed by atoms with van der Waals surface area (Å²) in [6.07, 6.45) is 3.92. The summed E-state index contributed by atoms with van der Waals surface area (Å²) in [5.41, 5.74) is 0.831. The molecule has 2 N–H and O–H groups in total. The van der Waals surface area contributed by atoms with Crippen LogP contribution in [0.1, 0.15) is 29.5 Å². The lowest BCUT2D eigenvalue weighted by Crippen LogP contribution is -2.07. The number of rotatable bonds is 1. The Balaban J connectivity index is 2.06. The Hall–Kier alpha value is -1.27. The maximum Gasteiger partial charge on any atom is 0.184 e. The molecule has 2 aromatic heterocycles. The SMILES string of the molecule is OC1CCCc2sc(-c3ncn[nH]3)nc21. The van der Waals surface area contributed by atoms with Crippen LogP contribution in [0.5, 0.6) is 0 Å². The number of aromatic nitrogens is 4. The first-order chi connectivity index (χ1) is 7.34. The van der Waals surface area contributed by atoms with Gasteiger partial charge in [-0.1, -0.05) is 0 Å². The Morgan fingerprint density at radius 2 is 2.47 bits per heavy atom. The van der Waals surface area contributed by atoms with Crippen molar-refractivity contribution in [3.05, 3.63) is 16.9 Å². The zero-order chi connectivity index (χ0) is 10.3. The largest absolute Gasteiger partial charge is 0.387 e. The molecule has 1 aliphatic carbocycles. The predicted octanol–water partition coefficient (Wildman–Crippen LogP) is 1.30. The van der Waals surface area contributed by atoms with Gasteiger partial charge in [-0.25, -0.2) is 9.97 Å². The van der Waals surface area contributed by atoms with Gasteiger partial charge in [0.15, 0.2) is 10.8 Å². The Morgan fingerprint density at radius 1 is 1.53 bits per heavy atom. The van der Waals surface area contributed by atoms with Gasteiger partial charge in [-0.05, 0) is 19.3 Å². The lowest BCUT2D eigenvalue weighted by Gasteiger charge is -2.14. The molecular weight excluding hydrogens is 212 g/mol. The van der Waals surface area contributed by atoms with E-state index >= 15 is 0 Å². The summed E-state index contributed by atoms with van der Waals surface area (Å²) in [6.45, 7) is 0. The fourth-order valence-corrected chi connectivity index (χ4v) is 2.91. The molecule has 0 saturated carbocycles. The van der Waals surface area contributed by atoms with Crippen molar-refractivity contribution in [2.75, 3.05) is 0 Å². The van der Waals surface area contributed by atoms with E-state index in [0.717, 1.165) is 30.0 Å². The van der Waals surface area contributed by atoms with Gasteiger partial charge in [0.25, 0.3) is 0 Å². The average Bonchev–Trinajstić information content (AvgIpc) is 2.86. The van der Waals surface area contributed by atoms with E-state index in [9.17, 15) is 5.11 Å². The van der Waals surface area contributed by atoms with Gasteiger partial charge < -0.3 is 5.11 Å². The van der Waals surface area contributed by atoms with E-state index in [0.29, 0.717) is 5.82 Å². The highest BCUT2D eigenvalue weighted by molar-refractivity contribution is 7.15. The zero-order valence-electron chi connectivity index (χ0n) is 7.97. The molecule has 0 aliphatic heterocycles. The molecule has 0 radical (unpaired) electrons. The van der Waals surface area contributed by atoms with Gasteiger partial charge >= 0.3 is 0 Å². The van der Waals surface area contributed by atoms with Crippen LogP contribution in [0, 0.1) is 0 Å². The lowest BCUT2D eigenvalue weighted by atomic mass is 10.0. The van der Waals surface area contributed by atoms with E-state index in [4.69, 9.17) is 0 Å². The Labute approximate surface area is 90.2 Å². The quantitative estimate of drug-likeness (QED) is 0.762. The van der Waals surface area contributed by atoms with Crippen LogP contribution in [-0.4, -0.2) is 25.3 Å². The van der Waals surface area contributed by atoms with Crippen molar-refractivity contribution >= 4 is 11.3 Å². The van der Waals surface area contributed by atoms with Crippen LogP contribution in [0.3, 0.4) is 0 Å². The Kier molecular flexibility index (Phi) is 2.03. The van der Waals surface area contributed by atoms with Crippen LogP contribution in [0.4, 0.5) is 0 Å². The minimum atomic E-state index is -0.401. The monoisotopic (exact) mass is 222 g/mol. The standard InChI is InChI=1S/C9H10N4OS/c14-5-2-1-3-6-7(5)12-9(15-6)8-10-4-11-13-8/h4-5,14H,1-3H2,(H,10,11,13). The van der Waals surface area contributed by atoms with Crippen LogP contribution >= 0.6 is 11.3 Å². The number of aromatic amines is 1. The molecule has 0 fully saturated rings. The summed E-state index contributed by atoms with van der Waals surface area (Å²) in [5, 5.41) is 17.2. The number of aliphatic hydroxyl groups is 1. The van der Waals surface area contributed by atoms with Gasteiger partial charge in [0, 0.05) is 4.88 Å². The van der Waals surface area contributed by atoms with Crippen LogP contribution in [0.25, 0.3) is 10.8 Å². The van der Waals surface area contributed by atoms with Crippen LogP contribution in [-0.2, 0) is 6.42 Å². The Morgan fingerprint density at radius 3 is 3.20 bits per heavy atom. The lowest BCUT2D eigenvalue weighted by molar-refractivity contribution is 0.153. The molecular formula is C9H10N4OS. The normalized spacial score (nSPS) is 20.2. The fourth-order valence-electron chi connectivity index (χ4n) is 1.81. The molecule has 6 heteroatoms. The highest BCUT2D eigenvalue weighted by atomic mass is 32.1. The number of aliphatic hydroxyl groups excluding tert-OH is 1. The van der Waals surface area contributed by atoms with Crippen molar-refractivity contribution in [2.45, 2.75) is 25.4 Å².